The molecule has 0 spiro atoms. The molecule has 1 atom stereocenters. The van der Waals surface area contributed by atoms with Gasteiger partial charge in [0.05, 0.1) is 12.0 Å². The summed E-state index contributed by atoms with van der Waals surface area (Å²) >= 11 is 3.31. The number of sulfonamides is 1. The average Bonchev–Trinajstić information content (AvgIpc) is 2.76. The van der Waals surface area contributed by atoms with E-state index in [1.807, 2.05) is 0 Å². The van der Waals surface area contributed by atoms with Gasteiger partial charge in [0, 0.05) is 15.8 Å². The van der Waals surface area contributed by atoms with Gasteiger partial charge in [-0.3, -0.25) is 9.52 Å². The number of carbonyl (C=O) groups excluding carboxylic acids is 1. The summed E-state index contributed by atoms with van der Waals surface area (Å²) in [5.41, 5.74) is 0.905. The second kappa shape index (κ2) is 9.84. The summed E-state index contributed by atoms with van der Waals surface area (Å²) in [6, 6.07) is 19.6. The van der Waals surface area contributed by atoms with Gasteiger partial charge in [0.15, 0.2) is 6.10 Å². The summed E-state index contributed by atoms with van der Waals surface area (Å²) < 4.78 is 39.1. The third-order valence-corrected chi connectivity index (χ3v) is 6.20. The van der Waals surface area contributed by atoms with Crippen LogP contribution in [0.4, 0.5) is 11.4 Å². The lowest BCUT2D eigenvalue weighted by molar-refractivity contribution is -0.122. The van der Waals surface area contributed by atoms with Gasteiger partial charge < -0.3 is 14.8 Å². The molecule has 31 heavy (non-hydrogen) atoms. The second-order valence-corrected chi connectivity index (χ2v) is 9.16. The highest BCUT2D eigenvalue weighted by atomic mass is 79.9. The van der Waals surface area contributed by atoms with Crippen LogP contribution in [-0.2, 0) is 14.8 Å². The van der Waals surface area contributed by atoms with Crippen molar-refractivity contribution in [2.24, 2.45) is 0 Å². The fourth-order valence-corrected chi connectivity index (χ4v) is 3.93. The highest BCUT2D eigenvalue weighted by Crippen LogP contribution is 2.21. The number of anilines is 2. The van der Waals surface area contributed by atoms with Crippen LogP contribution >= 0.6 is 15.9 Å². The van der Waals surface area contributed by atoms with Gasteiger partial charge in [-0.15, -0.1) is 0 Å². The molecule has 9 heteroatoms. The topological polar surface area (TPSA) is 93.7 Å². The molecular weight excluding hydrogens is 484 g/mol. The van der Waals surface area contributed by atoms with E-state index in [1.165, 1.54) is 24.3 Å². The molecule has 3 aromatic carbocycles. The number of ether oxygens (including phenoxy) is 2. The molecule has 0 aromatic heterocycles. The first kappa shape index (κ1) is 22.6. The molecule has 0 radical (unpaired) electrons. The van der Waals surface area contributed by atoms with E-state index in [0.29, 0.717) is 22.9 Å². The predicted molar refractivity (Wildman–Crippen MR) is 123 cm³/mol. The van der Waals surface area contributed by atoms with E-state index in [2.05, 4.69) is 26.0 Å². The highest BCUT2D eigenvalue weighted by Gasteiger charge is 2.17. The van der Waals surface area contributed by atoms with Crippen LogP contribution in [0.5, 0.6) is 11.5 Å². The van der Waals surface area contributed by atoms with E-state index in [1.54, 1.807) is 62.6 Å². The molecular formula is C22H21BrN2O5S. The Labute approximate surface area is 189 Å². The van der Waals surface area contributed by atoms with E-state index in [-0.39, 0.29) is 10.8 Å². The van der Waals surface area contributed by atoms with Crippen LogP contribution in [0.2, 0.25) is 0 Å². The molecule has 1 amide bonds. The van der Waals surface area contributed by atoms with Crippen LogP contribution in [0.1, 0.15) is 6.92 Å². The van der Waals surface area contributed by atoms with Gasteiger partial charge in [-0.05, 0) is 79.7 Å². The van der Waals surface area contributed by atoms with Gasteiger partial charge >= 0.3 is 0 Å². The van der Waals surface area contributed by atoms with Crippen molar-refractivity contribution in [1.29, 1.82) is 0 Å². The number of hydrogen-bond acceptors (Lipinski definition) is 5. The first-order valence-corrected chi connectivity index (χ1v) is 11.5. The van der Waals surface area contributed by atoms with Crippen molar-refractivity contribution in [2.45, 2.75) is 17.9 Å². The number of methoxy groups -OCH3 is 1. The van der Waals surface area contributed by atoms with Crippen molar-refractivity contribution in [3.05, 3.63) is 77.3 Å². The third kappa shape index (κ3) is 6.22. The summed E-state index contributed by atoms with van der Waals surface area (Å²) in [6.07, 6.45) is -0.754. The van der Waals surface area contributed by atoms with Gasteiger partial charge in [0.2, 0.25) is 0 Å². The van der Waals surface area contributed by atoms with Crippen molar-refractivity contribution in [2.75, 3.05) is 17.1 Å². The van der Waals surface area contributed by atoms with E-state index in [4.69, 9.17) is 9.47 Å². The van der Waals surface area contributed by atoms with Crippen LogP contribution in [0.15, 0.2) is 82.2 Å². The normalized spacial score (nSPS) is 12.0. The van der Waals surface area contributed by atoms with Crippen LogP contribution in [0.3, 0.4) is 0 Å². The summed E-state index contributed by atoms with van der Waals surface area (Å²) in [5.74, 6) is 0.859. The molecule has 7 nitrogen and oxygen atoms in total. The van der Waals surface area contributed by atoms with Gasteiger partial charge in [-0.2, -0.15) is 0 Å². The molecule has 3 aromatic rings. The zero-order valence-electron chi connectivity index (χ0n) is 16.8. The number of hydrogen-bond donors (Lipinski definition) is 2. The minimum Gasteiger partial charge on any atom is -0.497 e. The monoisotopic (exact) mass is 504 g/mol. The number of amides is 1. The van der Waals surface area contributed by atoms with Crippen LogP contribution in [0.25, 0.3) is 0 Å². The molecule has 0 aliphatic rings. The molecule has 0 heterocycles. The third-order valence-electron chi connectivity index (χ3n) is 4.27. The van der Waals surface area contributed by atoms with Crippen molar-refractivity contribution in [3.8, 4) is 11.5 Å². The van der Waals surface area contributed by atoms with Crippen LogP contribution in [0, 0.1) is 0 Å². The molecule has 0 saturated carbocycles. The predicted octanol–water partition coefficient (Wildman–Crippen LogP) is 4.66. The number of carbonyl (C=O) groups is 1. The van der Waals surface area contributed by atoms with Crippen LogP contribution < -0.4 is 19.5 Å². The first-order valence-electron chi connectivity index (χ1n) is 9.27. The maximum atomic E-state index is 12.5. The Hall–Kier alpha value is -3.04. The fraction of sp³-hybridized carbons (Fsp3) is 0.136. The van der Waals surface area contributed by atoms with Gasteiger partial charge in [0.25, 0.3) is 15.9 Å². The molecule has 0 fully saturated rings. The smallest absolute Gasteiger partial charge is 0.265 e. The summed E-state index contributed by atoms with van der Waals surface area (Å²) in [4.78, 5) is 12.5. The first-order chi connectivity index (χ1) is 14.8. The SMILES string of the molecule is COc1ccc(O[C@H](C)C(=O)Nc2ccc(S(=O)(=O)Nc3ccc(Br)cc3)cc2)cc1. The Morgan fingerprint density at radius 2 is 1.42 bits per heavy atom. The Balaban J connectivity index is 1.61. The minimum absolute atomic E-state index is 0.0796. The fourth-order valence-electron chi connectivity index (χ4n) is 2.61. The van der Waals surface area contributed by atoms with Gasteiger partial charge in [-0.25, -0.2) is 8.42 Å². The zero-order valence-corrected chi connectivity index (χ0v) is 19.2. The number of halogens is 1. The molecule has 162 valence electrons. The summed E-state index contributed by atoms with van der Waals surface area (Å²) in [5, 5.41) is 2.71. The Kier molecular flexibility index (Phi) is 7.19. The number of rotatable bonds is 8. The number of nitrogens with one attached hydrogen (secondary N) is 2. The maximum Gasteiger partial charge on any atom is 0.265 e. The lowest BCUT2D eigenvalue weighted by Gasteiger charge is -2.15. The minimum atomic E-state index is -3.75. The molecule has 0 saturated heterocycles. The zero-order chi connectivity index (χ0) is 22.4. The standard InChI is InChI=1S/C22H21BrN2O5S/c1-15(30-20-11-9-19(29-2)10-12-20)22(26)24-17-7-13-21(14-8-17)31(27,28)25-18-5-3-16(23)4-6-18/h3-15,25H,1-2H3,(H,24,26)/t15-/m1/s1. The van der Waals surface area contributed by atoms with Crippen LogP contribution in [-0.4, -0.2) is 27.5 Å². The van der Waals surface area contributed by atoms with Crippen molar-refractivity contribution in [1.82, 2.24) is 0 Å². The molecule has 2 N–H and O–H groups in total. The van der Waals surface area contributed by atoms with Crippen molar-refractivity contribution < 1.29 is 22.7 Å². The van der Waals surface area contributed by atoms with Crippen molar-refractivity contribution >= 4 is 43.2 Å². The summed E-state index contributed by atoms with van der Waals surface area (Å²) in [6.45, 7) is 1.63. The van der Waals surface area contributed by atoms with E-state index in [0.717, 1.165) is 4.47 Å². The van der Waals surface area contributed by atoms with Gasteiger partial charge in [0.1, 0.15) is 11.5 Å². The molecule has 0 unspecified atom stereocenters. The van der Waals surface area contributed by atoms with E-state index < -0.39 is 16.1 Å². The Morgan fingerprint density at radius 1 is 0.871 bits per heavy atom. The molecule has 3 rings (SSSR count). The number of benzene rings is 3. The van der Waals surface area contributed by atoms with E-state index >= 15 is 0 Å². The quantitative estimate of drug-likeness (QED) is 0.465. The molecule has 0 bridgehead atoms. The largest absolute Gasteiger partial charge is 0.497 e. The molecule has 0 aliphatic heterocycles. The lowest BCUT2D eigenvalue weighted by atomic mass is 10.3. The van der Waals surface area contributed by atoms with Crippen molar-refractivity contribution in [3.63, 3.8) is 0 Å². The maximum absolute atomic E-state index is 12.5. The van der Waals surface area contributed by atoms with Gasteiger partial charge in [-0.1, -0.05) is 15.9 Å². The van der Waals surface area contributed by atoms with E-state index in [9.17, 15) is 13.2 Å². The average molecular weight is 505 g/mol. The lowest BCUT2D eigenvalue weighted by Crippen LogP contribution is -2.30. The second-order valence-electron chi connectivity index (χ2n) is 6.56. The highest BCUT2D eigenvalue weighted by molar-refractivity contribution is 9.10. The Morgan fingerprint density at radius 3 is 2.00 bits per heavy atom. The Bertz CT molecular complexity index is 1130. The molecule has 0 aliphatic carbocycles. The summed E-state index contributed by atoms with van der Waals surface area (Å²) in [7, 11) is -2.18.